The summed E-state index contributed by atoms with van der Waals surface area (Å²) in [7, 11) is 0.899. The van der Waals surface area contributed by atoms with Crippen LogP contribution < -0.4 is 9.47 Å². The predicted octanol–water partition coefficient (Wildman–Crippen LogP) is 1.60. The number of rotatable bonds is 4. The number of carboxylic acids is 1. The number of nitro groups is 1. The van der Waals surface area contributed by atoms with E-state index >= 15 is 0 Å². The second-order valence-electron chi connectivity index (χ2n) is 2.97. The SMILES string of the molecule is COc1nc([N+](=O)[O-])cc(OC(F)(F)F)c1C(=O)O. The molecule has 0 radical (unpaired) electrons. The average molecular weight is 282 g/mol. The molecule has 1 aromatic heterocycles. The highest BCUT2D eigenvalue weighted by Crippen LogP contribution is 2.34. The highest BCUT2D eigenvalue weighted by Gasteiger charge is 2.37. The van der Waals surface area contributed by atoms with Crippen LogP contribution in [0.15, 0.2) is 6.07 Å². The Hall–Kier alpha value is -2.59. The fourth-order valence-corrected chi connectivity index (χ4v) is 1.13. The van der Waals surface area contributed by atoms with E-state index in [2.05, 4.69) is 14.5 Å². The van der Waals surface area contributed by atoms with E-state index in [0.717, 1.165) is 7.11 Å². The van der Waals surface area contributed by atoms with Crippen molar-refractivity contribution in [3.8, 4) is 11.6 Å². The molecule has 19 heavy (non-hydrogen) atoms. The van der Waals surface area contributed by atoms with Crippen molar-refractivity contribution in [3.63, 3.8) is 0 Å². The van der Waals surface area contributed by atoms with Gasteiger partial charge in [0.25, 0.3) is 0 Å². The lowest BCUT2D eigenvalue weighted by molar-refractivity contribution is -0.389. The molecule has 0 unspecified atom stereocenters. The van der Waals surface area contributed by atoms with Crippen molar-refractivity contribution in [2.24, 2.45) is 0 Å². The number of methoxy groups -OCH3 is 1. The van der Waals surface area contributed by atoms with E-state index in [1.54, 1.807) is 0 Å². The van der Waals surface area contributed by atoms with Crippen molar-refractivity contribution in [1.29, 1.82) is 0 Å². The molecule has 1 aromatic rings. The Morgan fingerprint density at radius 1 is 1.53 bits per heavy atom. The summed E-state index contributed by atoms with van der Waals surface area (Å²) in [4.78, 5) is 23.3. The normalized spacial score (nSPS) is 10.9. The topological polar surface area (TPSA) is 112 Å². The number of carboxylic acid groups (broad SMARTS) is 1. The Morgan fingerprint density at radius 2 is 2.11 bits per heavy atom. The zero-order valence-electron chi connectivity index (χ0n) is 9.09. The van der Waals surface area contributed by atoms with Crippen LogP contribution in [0.5, 0.6) is 11.6 Å². The Morgan fingerprint density at radius 3 is 2.47 bits per heavy atom. The summed E-state index contributed by atoms with van der Waals surface area (Å²) < 4.78 is 44.2. The van der Waals surface area contributed by atoms with E-state index < -0.39 is 40.3 Å². The van der Waals surface area contributed by atoms with Gasteiger partial charge in [0, 0.05) is 4.98 Å². The molecular weight excluding hydrogens is 277 g/mol. The van der Waals surface area contributed by atoms with E-state index in [1.165, 1.54) is 0 Å². The molecule has 0 aliphatic heterocycles. The summed E-state index contributed by atoms with van der Waals surface area (Å²) >= 11 is 0. The van der Waals surface area contributed by atoms with Crippen LogP contribution in [0.2, 0.25) is 0 Å². The third-order valence-corrected chi connectivity index (χ3v) is 1.76. The van der Waals surface area contributed by atoms with E-state index in [-0.39, 0.29) is 6.07 Å². The van der Waals surface area contributed by atoms with Crippen LogP contribution in [0.1, 0.15) is 10.4 Å². The van der Waals surface area contributed by atoms with Gasteiger partial charge in [-0.05, 0) is 4.92 Å². The van der Waals surface area contributed by atoms with Crippen LogP contribution in [-0.2, 0) is 0 Å². The lowest BCUT2D eigenvalue weighted by Crippen LogP contribution is -2.20. The number of carbonyl (C=O) groups is 1. The third-order valence-electron chi connectivity index (χ3n) is 1.76. The van der Waals surface area contributed by atoms with Crippen molar-refractivity contribution in [3.05, 3.63) is 21.7 Å². The molecule has 0 amide bonds. The highest BCUT2D eigenvalue weighted by molar-refractivity contribution is 5.93. The minimum absolute atomic E-state index is 0.249. The lowest BCUT2D eigenvalue weighted by atomic mass is 10.2. The first-order valence-corrected chi connectivity index (χ1v) is 4.38. The molecular formula is C8H5F3N2O6. The second-order valence-corrected chi connectivity index (χ2v) is 2.97. The summed E-state index contributed by atoms with van der Waals surface area (Å²) in [5.74, 6) is -5.01. The fourth-order valence-electron chi connectivity index (χ4n) is 1.13. The number of pyridine rings is 1. The number of nitrogens with zero attached hydrogens (tertiary/aromatic N) is 2. The van der Waals surface area contributed by atoms with Crippen LogP contribution in [0.25, 0.3) is 0 Å². The Balaban J connectivity index is 3.50. The summed E-state index contributed by atoms with van der Waals surface area (Å²) in [5, 5.41) is 19.2. The van der Waals surface area contributed by atoms with Gasteiger partial charge in [-0.15, -0.1) is 13.2 Å². The summed E-state index contributed by atoms with van der Waals surface area (Å²) in [6.07, 6.45) is -5.22. The van der Waals surface area contributed by atoms with Crippen molar-refractivity contribution < 1.29 is 37.5 Å². The van der Waals surface area contributed by atoms with Gasteiger partial charge in [0.15, 0.2) is 11.3 Å². The maximum absolute atomic E-state index is 12.1. The summed E-state index contributed by atoms with van der Waals surface area (Å²) in [6.45, 7) is 0. The van der Waals surface area contributed by atoms with Crippen LogP contribution >= 0.6 is 0 Å². The highest BCUT2D eigenvalue weighted by atomic mass is 19.4. The van der Waals surface area contributed by atoms with Crippen molar-refractivity contribution in [2.45, 2.75) is 6.36 Å². The summed E-state index contributed by atoms with van der Waals surface area (Å²) in [6, 6.07) is 0.249. The first-order chi connectivity index (χ1) is 8.65. The molecule has 0 bridgehead atoms. The lowest BCUT2D eigenvalue weighted by Gasteiger charge is -2.11. The molecule has 1 heterocycles. The zero-order chi connectivity index (χ0) is 14.8. The Labute approximate surface area is 102 Å². The number of alkyl halides is 3. The minimum atomic E-state index is -5.22. The van der Waals surface area contributed by atoms with Crippen LogP contribution in [0.4, 0.5) is 19.0 Å². The van der Waals surface area contributed by atoms with Gasteiger partial charge < -0.3 is 24.7 Å². The maximum atomic E-state index is 12.1. The van der Waals surface area contributed by atoms with Crippen LogP contribution in [0, 0.1) is 10.1 Å². The molecule has 0 spiro atoms. The first-order valence-electron chi connectivity index (χ1n) is 4.38. The molecule has 0 saturated carbocycles. The van der Waals surface area contributed by atoms with E-state index in [4.69, 9.17) is 5.11 Å². The van der Waals surface area contributed by atoms with E-state index in [9.17, 15) is 28.1 Å². The molecule has 104 valence electrons. The van der Waals surface area contributed by atoms with Crippen LogP contribution in [0.3, 0.4) is 0 Å². The second kappa shape index (κ2) is 4.96. The van der Waals surface area contributed by atoms with Gasteiger partial charge in [0.1, 0.15) is 0 Å². The van der Waals surface area contributed by atoms with Gasteiger partial charge in [0.05, 0.1) is 13.2 Å². The Kier molecular flexibility index (Phi) is 3.77. The number of hydrogen-bond donors (Lipinski definition) is 1. The first kappa shape index (κ1) is 14.5. The van der Waals surface area contributed by atoms with Gasteiger partial charge in [-0.1, -0.05) is 0 Å². The van der Waals surface area contributed by atoms with Crippen molar-refractivity contribution in [1.82, 2.24) is 4.98 Å². The van der Waals surface area contributed by atoms with E-state index in [1.807, 2.05) is 0 Å². The Bertz CT molecular complexity index is 530. The molecule has 0 aromatic carbocycles. The smallest absolute Gasteiger partial charge is 0.477 e. The van der Waals surface area contributed by atoms with Crippen LogP contribution in [-0.4, -0.2) is 34.5 Å². The quantitative estimate of drug-likeness (QED) is 0.659. The molecule has 0 aliphatic carbocycles. The molecule has 0 atom stereocenters. The third kappa shape index (κ3) is 3.43. The number of ether oxygens (including phenoxy) is 2. The molecule has 0 fully saturated rings. The maximum Gasteiger partial charge on any atom is 0.573 e. The zero-order valence-corrected chi connectivity index (χ0v) is 9.09. The van der Waals surface area contributed by atoms with Gasteiger partial charge in [-0.2, -0.15) is 0 Å². The molecule has 8 nitrogen and oxygen atoms in total. The van der Waals surface area contributed by atoms with E-state index in [0.29, 0.717) is 0 Å². The van der Waals surface area contributed by atoms with Gasteiger partial charge >= 0.3 is 24.0 Å². The van der Waals surface area contributed by atoms with Gasteiger partial charge in [0.2, 0.25) is 0 Å². The molecule has 1 N–H and O–H groups in total. The van der Waals surface area contributed by atoms with Gasteiger partial charge in [-0.25, -0.2) is 4.79 Å². The standard InChI is InChI=1S/C8H5F3N2O6/c1-18-6-5(7(14)15)3(19-8(9,10)11)2-4(12-6)13(16)17/h2H,1H3,(H,14,15). The molecule has 0 saturated heterocycles. The number of aromatic nitrogens is 1. The van der Waals surface area contributed by atoms with Crippen molar-refractivity contribution in [2.75, 3.05) is 7.11 Å². The molecule has 0 aliphatic rings. The van der Waals surface area contributed by atoms with Crippen molar-refractivity contribution >= 4 is 11.8 Å². The average Bonchev–Trinajstić information content (AvgIpc) is 2.24. The minimum Gasteiger partial charge on any atom is -0.477 e. The predicted molar refractivity (Wildman–Crippen MR) is 51.1 cm³/mol. The largest absolute Gasteiger partial charge is 0.573 e. The number of halogens is 3. The number of aromatic carboxylic acids is 1. The monoisotopic (exact) mass is 282 g/mol. The van der Waals surface area contributed by atoms with Gasteiger partial charge in [-0.3, -0.25) is 0 Å². The fraction of sp³-hybridized carbons (Fsp3) is 0.250. The molecule has 1 rings (SSSR count). The molecule has 11 heteroatoms. The summed E-state index contributed by atoms with van der Waals surface area (Å²) in [5.41, 5.74) is -1.06. The number of hydrogen-bond acceptors (Lipinski definition) is 6.